The van der Waals surface area contributed by atoms with Crippen LogP contribution in [-0.2, 0) is 13.1 Å². The third-order valence-corrected chi connectivity index (χ3v) is 7.00. The zero-order valence-corrected chi connectivity index (χ0v) is 18.7. The summed E-state index contributed by atoms with van der Waals surface area (Å²) >= 11 is 7.58. The van der Waals surface area contributed by atoms with Crippen LogP contribution in [0.15, 0.2) is 53.1 Å². The Morgan fingerprint density at radius 2 is 1.75 bits per heavy atom. The molecule has 5 rings (SSSR count). The van der Waals surface area contributed by atoms with Crippen molar-refractivity contribution in [1.29, 1.82) is 0 Å². The van der Waals surface area contributed by atoms with E-state index in [-0.39, 0.29) is 23.9 Å². The van der Waals surface area contributed by atoms with Crippen LogP contribution in [0.2, 0.25) is 4.34 Å². The minimum atomic E-state index is -0.407. The molecule has 3 amide bonds. The SMILES string of the molecule is O=C(c1ccc2c(c1)C(=O)N(Cc1ccco1)C2=O)N1CCN(Cc2ccc(Cl)s2)CC1. The van der Waals surface area contributed by atoms with Gasteiger partial charge in [-0.1, -0.05) is 11.6 Å². The van der Waals surface area contributed by atoms with Crippen LogP contribution in [0.3, 0.4) is 0 Å². The van der Waals surface area contributed by atoms with Gasteiger partial charge in [0.25, 0.3) is 17.7 Å². The number of piperazine rings is 1. The fraction of sp³-hybridized carbons (Fsp3) is 0.261. The summed E-state index contributed by atoms with van der Waals surface area (Å²) in [7, 11) is 0. The minimum Gasteiger partial charge on any atom is -0.467 e. The molecule has 9 heteroatoms. The molecule has 0 bridgehead atoms. The number of imide groups is 1. The van der Waals surface area contributed by atoms with E-state index in [1.54, 1.807) is 46.6 Å². The monoisotopic (exact) mass is 469 g/mol. The Morgan fingerprint density at radius 3 is 2.44 bits per heavy atom. The molecule has 0 aliphatic carbocycles. The first kappa shape index (κ1) is 20.9. The van der Waals surface area contributed by atoms with Crippen molar-refractivity contribution in [3.05, 3.63) is 80.4 Å². The van der Waals surface area contributed by atoms with Crippen LogP contribution >= 0.6 is 22.9 Å². The lowest BCUT2D eigenvalue weighted by Crippen LogP contribution is -2.48. The van der Waals surface area contributed by atoms with Crippen LogP contribution in [0.5, 0.6) is 0 Å². The second-order valence-corrected chi connectivity index (χ2v) is 9.61. The Labute approximate surface area is 193 Å². The highest BCUT2D eigenvalue weighted by Gasteiger charge is 2.37. The Balaban J connectivity index is 1.25. The number of nitrogens with zero attached hydrogens (tertiary/aromatic N) is 3. The van der Waals surface area contributed by atoms with Gasteiger partial charge in [0.05, 0.1) is 28.3 Å². The molecule has 164 valence electrons. The van der Waals surface area contributed by atoms with Gasteiger partial charge < -0.3 is 9.32 Å². The highest BCUT2D eigenvalue weighted by Crippen LogP contribution is 2.27. The maximum Gasteiger partial charge on any atom is 0.261 e. The number of halogens is 1. The molecule has 2 aliphatic rings. The number of hydrogen-bond acceptors (Lipinski definition) is 6. The molecule has 2 aromatic heterocycles. The van der Waals surface area contributed by atoms with Crippen LogP contribution in [0.1, 0.15) is 41.7 Å². The van der Waals surface area contributed by atoms with Crippen molar-refractivity contribution in [2.24, 2.45) is 0 Å². The summed E-state index contributed by atoms with van der Waals surface area (Å²) in [5.74, 6) is -0.381. The van der Waals surface area contributed by atoms with E-state index in [2.05, 4.69) is 4.90 Å². The van der Waals surface area contributed by atoms with Gasteiger partial charge in [0.15, 0.2) is 0 Å². The number of rotatable bonds is 5. The van der Waals surface area contributed by atoms with E-state index < -0.39 is 5.91 Å². The minimum absolute atomic E-state index is 0.0695. The molecular weight excluding hydrogens is 450 g/mol. The van der Waals surface area contributed by atoms with Gasteiger partial charge in [0, 0.05) is 43.2 Å². The number of amides is 3. The largest absolute Gasteiger partial charge is 0.467 e. The van der Waals surface area contributed by atoms with Crippen LogP contribution < -0.4 is 0 Å². The summed E-state index contributed by atoms with van der Waals surface area (Å²) in [6, 6.07) is 12.1. The van der Waals surface area contributed by atoms with E-state index in [0.29, 0.717) is 30.0 Å². The second kappa shape index (κ2) is 8.54. The summed E-state index contributed by atoms with van der Waals surface area (Å²) in [6.07, 6.45) is 1.50. The number of fused-ring (bicyclic) bond motifs is 1. The van der Waals surface area contributed by atoms with Crippen molar-refractivity contribution in [3.8, 4) is 0 Å². The number of carbonyl (C=O) groups is 3. The first-order chi connectivity index (χ1) is 15.5. The number of furan rings is 1. The maximum absolute atomic E-state index is 13.1. The van der Waals surface area contributed by atoms with Crippen molar-refractivity contribution < 1.29 is 18.8 Å². The summed E-state index contributed by atoms with van der Waals surface area (Å²) in [5, 5.41) is 0. The van der Waals surface area contributed by atoms with Gasteiger partial charge in [-0.2, -0.15) is 0 Å². The van der Waals surface area contributed by atoms with Crippen molar-refractivity contribution in [1.82, 2.24) is 14.7 Å². The topological polar surface area (TPSA) is 74.1 Å². The average molecular weight is 470 g/mol. The van der Waals surface area contributed by atoms with Gasteiger partial charge >= 0.3 is 0 Å². The van der Waals surface area contributed by atoms with E-state index in [1.165, 1.54) is 11.1 Å². The summed E-state index contributed by atoms with van der Waals surface area (Å²) in [5.41, 5.74) is 1.00. The van der Waals surface area contributed by atoms with E-state index >= 15 is 0 Å². The zero-order chi connectivity index (χ0) is 22.2. The number of benzene rings is 1. The molecule has 3 aromatic rings. The van der Waals surface area contributed by atoms with Gasteiger partial charge in [-0.25, -0.2) is 0 Å². The molecule has 32 heavy (non-hydrogen) atoms. The first-order valence-corrected chi connectivity index (χ1v) is 11.5. The standard InChI is InChI=1S/C23H20ClN3O4S/c24-20-6-4-17(32-20)14-25-7-9-26(10-8-25)21(28)15-3-5-18-19(12-15)23(30)27(22(18)29)13-16-2-1-11-31-16/h1-6,11-12H,7-10,13-14H2. The fourth-order valence-electron chi connectivity index (χ4n) is 4.07. The predicted molar refractivity (Wildman–Crippen MR) is 120 cm³/mol. The zero-order valence-electron chi connectivity index (χ0n) is 17.1. The van der Waals surface area contributed by atoms with E-state index in [0.717, 1.165) is 28.9 Å². The second-order valence-electron chi connectivity index (χ2n) is 7.81. The van der Waals surface area contributed by atoms with Crippen LogP contribution in [0.4, 0.5) is 0 Å². The molecule has 2 aliphatic heterocycles. The molecule has 4 heterocycles. The summed E-state index contributed by atoms with van der Waals surface area (Å²) < 4.78 is 6.04. The highest BCUT2D eigenvalue weighted by atomic mass is 35.5. The summed E-state index contributed by atoms with van der Waals surface area (Å²) in [6.45, 7) is 3.63. The smallest absolute Gasteiger partial charge is 0.261 e. The molecular formula is C23H20ClN3O4S. The maximum atomic E-state index is 13.1. The lowest BCUT2D eigenvalue weighted by molar-refractivity contribution is 0.0624. The van der Waals surface area contributed by atoms with Gasteiger partial charge in [0.1, 0.15) is 5.76 Å². The van der Waals surface area contributed by atoms with Crippen molar-refractivity contribution in [3.63, 3.8) is 0 Å². The fourth-order valence-corrected chi connectivity index (χ4v) is 5.20. The first-order valence-electron chi connectivity index (χ1n) is 10.3. The molecule has 7 nitrogen and oxygen atoms in total. The molecule has 0 spiro atoms. The van der Waals surface area contributed by atoms with Gasteiger partial charge in [-0.15, -0.1) is 11.3 Å². The van der Waals surface area contributed by atoms with Crippen molar-refractivity contribution >= 4 is 40.7 Å². The number of hydrogen-bond donors (Lipinski definition) is 0. The Hall–Kier alpha value is -2.94. The summed E-state index contributed by atoms with van der Waals surface area (Å²) in [4.78, 5) is 45.0. The molecule has 0 radical (unpaired) electrons. The average Bonchev–Trinajstić information content (AvgIpc) is 3.52. The number of thiophene rings is 1. The third-order valence-electron chi connectivity index (χ3n) is 5.78. The molecule has 0 saturated carbocycles. The van der Waals surface area contributed by atoms with Gasteiger partial charge in [-0.3, -0.25) is 24.2 Å². The lowest BCUT2D eigenvalue weighted by Gasteiger charge is -2.34. The molecule has 0 N–H and O–H groups in total. The molecule has 0 atom stereocenters. The van der Waals surface area contributed by atoms with Crippen LogP contribution in [0.25, 0.3) is 0 Å². The Morgan fingerprint density at radius 1 is 0.969 bits per heavy atom. The quantitative estimate of drug-likeness (QED) is 0.532. The van der Waals surface area contributed by atoms with E-state index in [9.17, 15) is 14.4 Å². The third kappa shape index (κ3) is 3.97. The van der Waals surface area contributed by atoms with Gasteiger partial charge in [0.2, 0.25) is 0 Å². The molecule has 1 saturated heterocycles. The van der Waals surface area contributed by atoms with Crippen molar-refractivity contribution in [2.45, 2.75) is 13.1 Å². The normalized spacial score (nSPS) is 16.7. The molecule has 0 unspecified atom stereocenters. The predicted octanol–water partition coefficient (Wildman–Crippen LogP) is 3.75. The highest BCUT2D eigenvalue weighted by molar-refractivity contribution is 7.16. The van der Waals surface area contributed by atoms with Crippen LogP contribution in [0, 0.1) is 0 Å². The van der Waals surface area contributed by atoms with Crippen LogP contribution in [-0.4, -0.2) is 58.6 Å². The van der Waals surface area contributed by atoms with Crippen molar-refractivity contribution in [2.75, 3.05) is 26.2 Å². The van der Waals surface area contributed by atoms with E-state index in [4.69, 9.17) is 16.0 Å². The van der Waals surface area contributed by atoms with E-state index in [1.807, 2.05) is 12.1 Å². The molecule has 1 aromatic carbocycles. The number of carbonyl (C=O) groups excluding carboxylic acids is 3. The molecule has 1 fully saturated rings. The Kier molecular flexibility index (Phi) is 5.58. The lowest BCUT2D eigenvalue weighted by atomic mass is 10.0. The Bertz CT molecular complexity index is 1180. The van der Waals surface area contributed by atoms with Gasteiger partial charge in [-0.05, 0) is 42.5 Å².